The molecule has 1 aromatic heterocycles. The molecule has 3 aromatic carbocycles. The maximum absolute atomic E-state index is 13.9. The van der Waals surface area contributed by atoms with Crippen LogP contribution in [0.25, 0.3) is 0 Å². The summed E-state index contributed by atoms with van der Waals surface area (Å²) in [6.07, 6.45) is 0.872. The Labute approximate surface area is 245 Å². The van der Waals surface area contributed by atoms with Gasteiger partial charge < -0.3 is 9.72 Å². The molecule has 8 heteroatoms. The lowest BCUT2D eigenvalue weighted by Crippen LogP contribution is -2.42. The maximum atomic E-state index is 13.9. The van der Waals surface area contributed by atoms with Gasteiger partial charge in [0, 0.05) is 16.0 Å². The molecule has 4 aromatic rings. The standard InChI is InChI=1S/C33H28N2O4S2/c1-17-10-12-20(13-11-17)35-31(36)26-22-15-23(27(26)32(35)37)28-25(22)24(29-30(40-28)34-33(38)41-29)19-8-5-9-21(14-19)39-16-18-6-3-2-4-7-18/h2-14,22-28H,15-16H2,1H3,(H,34,38). The van der Waals surface area contributed by atoms with Gasteiger partial charge in [0.05, 0.1) is 22.5 Å². The number of carbonyl (C=O) groups is 2. The summed E-state index contributed by atoms with van der Waals surface area (Å²) in [5, 5.41) is 1.07. The fourth-order valence-corrected chi connectivity index (χ4v) is 10.8. The fraction of sp³-hybridized carbons (Fsp3) is 0.303. The molecular formula is C33H28N2O4S2. The van der Waals surface area contributed by atoms with Crippen LogP contribution in [0.15, 0.2) is 88.7 Å². The molecule has 7 atom stereocenters. The van der Waals surface area contributed by atoms with Crippen LogP contribution in [0.4, 0.5) is 5.69 Å². The van der Waals surface area contributed by atoms with Crippen LogP contribution in [-0.4, -0.2) is 22.0 Å². The number of hydrogen-bond acceptors (Lipinski definition) is 6. The third-order valence-corrected chi connectivity index (χ3v) is 12.1. The largest absolute Gasteiger partial charge is 0.489 e. The second-order valence-electron chi connectivity index (χ2n) is 11.7. The maximum Gasteiger partial charge on any atom is 0.305 e. The van der Waals surface area contributed by atoms with Crippen molar-refractivity contribution in [3.05, 3.63) is 110 Å². The van der Waals surface area contributed by atoms with E-state index >= 15 is 0 Å². The first-order valence-corrected chi connectivity index (χ1v) is 15.8. The zero-order valence-electron chi connectivity index (χ0n) is 22.4. The fourth-order valence-electron chi connectivity index (χ4n) is 7.88. The Morgan fingerprint density at radius 2 is 1.66 bits per heavy atom. The predicted molar refractivity (Wildman–Crippen MR) is 159 cm³/mol. The summed E-state index contributed by atoms with van der Waals surface area (Å²) in [5.74, 6) is 0.353. The van der Waals surface area contributed by atoms with Crippen molar-refractivity contribution >= 4 is 40.6 Å². The minimum absolute atomic E-state index is 0.0345. The van der Waals surface area contributed by atoms with Crippen molar-refractivity contribution in [2.75, 3.05) is 4.90 Å². The van der Waals surface area contributed by atoms with Gasteiger partial charge >= 0.3 is 4.87 Å². The first kappa shape index (κ1) is 25.1. The highest BCUT2D eigenvalue weighted by Crippen LogP contribution is 2.68. The van der Waals surface area contributed by atoms with Gasteiger partial charge in [-0.2, -0.15) is 0 Å². The Kier molecular flexibility index (Phi) is 5.80. The average Bonchev–Trinajstić information content (AvgIpc) is 3.72. The Balaban J connectivity index is 1.16. The minimum Gasteiger partial charge on any atom is -0.489 e. The third-order valence-electron chi connectivity index (χ3n) is 9.48. The molecule has 6 nitrogen and oxygen atoms in total. The lowest BCUT2D eigenvalue weighted by molar-refractivity contribution is -0.123. The summed E-state index contributed by atoms with van der Waals surface area (Å²) in [4.78, 5) is 45.8. The van der Waals surface area contributed by atoms with Crippen LogP contribution < -0.4 is 14.5 Å². The number of rotatable bonds is 5. The lowest BCUT2D eigenvalue weighted by atomic mass is 9.68. The minimum atomic E-state index is -0.312. The molecule has 3 heterocycles. The van der Waals surface area contributed by atoms with Crippen LogP contribution in [0.5, 0.6) is 5.75 Å². The van der Waals surface area contributed by atoms with Crippen LogP contribution >= 0.6 is 23.1 Å². The van der Waals surface area contributed by atoms with E-state index in [2.05, 4.69) is 17.1 Å². The number of nitrogens with one attached hydrogen (secondary N) is 1. The number of aromatic nitrogens is 1. The molecule has 4 aliphatic rings. The summed E-state index contributed by atoms with van der Waals surface area (Å²) in [6, 6.07) is 25.9. The first-order chi connectivity index (χ1) is 20.0. The molecule has 3 fully saturated rings. The van der Waals surface area contributed by atoms with Crippen molar-refractivity contribution in [2.45, 2.75) is 36.1 Å². The molecule has 1 N–H and O–H groups in total. The number of ether oxygens (including phenoxy) is 1. The second kappa shape index (κ2) is 9.46. The van der Waals surface area contributed by atoms with Crippen LogP contribution in [0, 0.1) is 36.5 Å². The number of H-pyrrole nitrogens is 1. The molecule has 2 aliphatic carbocycles. The topological polar surface area (TPSA) is 79.5 Å². The number of fused-ring (bicyclic) bond motifs is 9. The van der Waals surface area contributed by atoms with Gasteiger partial charge in [-0.3, -0.25) is 19.3 Å². The quantitative estimate of drug-likeness (QED) is 0.293. The number of aromatic amines is 1. The molecule has 41 heavy (non-hydrogen) atoms. The summed E-state index contributed by atoms with van der Waals surface area (Å²) in [7, 11) is 0. The van der Waals surface area contributed by atoms with Gasteiger partial charge in [-0.15, -0.1) is 11.8 Å². The zero-order chi connectivity index (χ0) is 27.8. The van der Waals surface area contributed by atoms with E-state index < -0.39 is 0 Å². The number of anilines is 1. The highest BCUT2D eigenvalue weighted by Gasteiger charge is 2.69. The van der Waals surface area contributed by atoms with Crippen LogP contribution in [0.1, 0.15) is 33.9 Å². The third kappa shape index (κ3) is 3.87. The van der Waals surface area contributed by atoms with Gasteiger partial charge in [0.15, 0.2) is 0 Å². The number of carbonyl (C=O) groups excluding carboxylic acids is 2. The van der Waals surface area contributed by atoms with Crippen molar-refractivity contribution in [3.63, 3.8) is 0 Å². The number of thioether (sulfide) groups is 1. The van der Waals surface area contributed by atoms with E-state index in [0.29, 0.717) is 12.3 Å². The molecule has 1 saturated heterocycles. The van der Waals surface area contributed by atoms with Gasteiger partial charge in [-0.05, 0) is 66.5 Å². The van der Waals surface area contributed by atoms with E-state index in [1.165, 1.54) is 16.2 Å². The van der Waals surface area contributed by atoms with Crippen molar-refractivity contribution in [2.24, 2.45) is 29.6 Å². The number of benzene rings is 3. The normalized spacial score (nSPS) is 29.4. The van der Waals surface area contributed by atoms with Crippen molar-refractivity contribution in [1.29, 1.82) is 0 Å². The van der Waals surface area contributed by atoms with E-state index in [4.69, 9.17) is 4.74 Å². The highest BCUT2D eigenvalue weighted by molar-refractivity contribution is 8.00. The molecule has 2 bridgehead atoms. The number of imide groups is 1. The molecule has 2 saturated carbocycles. The van der Waals surface area contributed by atoms with E-state index in [0.717, 1.165) is 38.8 Å². The number of thiazole rings is 1. The Hall–Kier alpha value is -3.62. The molecular weight excluding hydrogens is 553 g/mol. The SMILES string of the molecule is Cc1ccc(N2C(=O)C3C4CC(C3C2=O)C2C(c3cccc(OCc5ccccc5)c3)c3sc(=O)[nH]c3SC42)cc1. The van der Waals surface area contributed by atoms with E-state index in [9.17, 15) is 14.4 Å². The monoisotopic (exact) mass is 580 g/mol. The zero-order valence-corrected chi connectivity index (χ0v) is 24.0. The number of amides is 2. The summed E-state index contributed by atoms with van der Waals surface area (Å²) < 4.78 is 6.19. The van der Waals surface area contributed by atoms with Crippen LogP contribution in [-0.2, 0) is 16.2 Å². The lowest BCUT2D eigenvalue weighted by Gasteiger charge is -2.43. The molecule has 2 aliphatic heterocycles. The van der Waals surface area contributed by atoms with E-state index in [-0.39, 0.29) is 57.4 Å². The van der Waals surface area contributed by atoms with Crippen LogP contribution in [0.3, 0.4) is 0 Å². The van der Waals surface area contributed by atoms with Gasteiger partial charge in [0.25, 0.3) is 0 Å². The Morgan fingerprint density at radius 1 is 0.902 bits per heavy atom. The van der Waals surface area contributed by atoms with Crippen molar-refractivity contribution in [1.82, 2.24) is 4.98 Å². The highest BCUT2D eigenvalue weighted by atomic mass is 32.2. The Morgan fingerprint density at radius 3 is 2.44 bits per heavy atom. The number of hydrogen-bond donors (Lipinski definition) is 1. The Bertz CT molecular complexity index is 1730. The van der Waals surface area contributed by atoms with Gasteiger partial charge in [-0.25, -0.2) is 0 Å². The summed E-state index contributed by atoms with van der Waals surface area (Å²) >= 11 is 2.99. The number of aryl methyl sites for hydroxylation is 1. The van der Waals surface area contributed by atoms with E-state index in [1.54, 1.807) is 11.8 Å². The second-order valence-corrected chi connectivity index (χ2v) is 13.9. The molecule has 8 rings (SSSR count). The molecule has 0 spiro atoms. The molecule has 0 radical (unpaired) electrons. The van der Waals surface area contributed by atoms with Crippen molar-refractivity contribution in [3.8, 4) is 5.75 Å². The van der Waals surface area contributed by atoms with Crippen molar-refractivity contribution < 1.29 is 14.3 Å². The molecule has 7 unspecified atom stereocenters. The first-order valence-electron chi connectivity index (χ1n) is 14.1. The number of nitrogens with zero attached hydrogens (tertiary/aromatic N) is 1. The predicted octanol–water partition coefficient (Wildman–Crippen LogP) is 6.00. The van der Waals surface area contributed by atoms with Crippen LogP contribution in [0.2, 0.25) is 0 Å². The van der Waals surface area contributed by atoms with Gasteiger partial charge in [-0.1, -0.05) is 71.5 Å². The van der Waals surface area contributed by atoms with Gasteiger partial charge in [0.1, 0.15) is 12.4 Å². The van der Waals surface area contributed by atoms with E-state index in [1.807, 2.05) is 73.7 Å². The van der Waals surface area contributed by atoms with Gasteiger partial charge in [0.2, 0.25) is 11.8 Å². The summed E-state index contributed by atoms with van der Waals surface area (Å²) in [6.45, 7) is 2.47. The molecule has 2 amide bonds. The summed E-state index contributed by atoms with van der Waals surface area (Å²) in [5.41, 5.74) is 3.95. The smallest absolute Gasteiger partial charge is 0.305 e. The molecule has 206 valence electrons. The average molecular weight is 581 g/mol.